The van der Waals surface area contributed by atoms with Crippen molar-refractivity contribution in [2.24, 2.45) is 7.05 Å². The fraction of sp³-hybridized carbons (Fsp3) is 0.211. The first-order chi connectivity index (χ1) is 13.5. The molecule has 0 aliphatic rings. The van der Waals surface area contributed by atoms with Crippen LogP contribution < -0.4 is 10.6 Å². The van der Waals surface area contributed by atoms with E-state index >= 15 is 0 Å². The molecule has 0 fully saturated rings. The number of aromatic nitrogens is 4. The SMILES string of the molecule is COCCNC(=O)c1ccc2c(c1)nc(Nc1nc3ccc(Cl)cc3[nH]1)n2C. The van der Waals surface area contributed by atoms with Crippen LogP contribution in [0.1, 0.15) is 10.4 Å². The molecular formula is C19H19ClN6O2. The molecule has 0 unspecified atom stereocenters. The lowest BCUT2D eigenvalue weighted by Crippen LogP contribution is -2.26. The van der Waals surface area contributed by atoms with Gasteiger partial charge in [0.05, 0.1) is 28.7 Å². The van der Waals surface area contributed by atoms with E-state index < -0.39 is 0 Å². The van der Waals surface area contributed by atoms with Gasteiger partial charge < -0.3 is 19.6 Å². The Morgan fingerprint density at radius 1 is 1.21 bits per heavy atom. The Hall–Kier alpha value is -3.10. The van der Waals surface area contributed by atoms with Crippen LogP contribution >= 0.6 is 11.6 Å². The van der Waals surface area contributed by atoms with E-state index in [1.165, 1.54) is 0 Å². The molecule has 4 rings (SSSR count). The fourth-order valence-corrected chi connectivity index (χ4v) is 3.14. The molecule has 0 saturated heterocycles. The molecule has 4 aromatic rings. The monoisotopic (exact) mass is 398 g/mol. The van der Waals surface area contributed by atoms with E-state index in [0.29, 0.717) is 41.2 Å². The molecule has 0 spiro atoms. The van der Waals surface area contributed by atoms with Crippen LogP contribution in [0.4, 0.5) is 11.9 Å². The highest BCUT2D eigenvalue weighted by molar-refractivity contribution is 6.31. The number of aromatic amines is 1. The molecule has 9 heteroatoms. The van der Waals surface area contributed by atoms with Crippen molar-refractivity contribution in [2.75, 3.05) is 25.6 Å². The Morgan fingerprint density at radius 2 is 2.07 bits per heavy atom. The first-order valence-electron chi connectivity index (χ1n) is 8.71. The lowest BCUT2D eigenvalue weighted by molar-refractivity contribution is 0.0937. The van der Waals surface area contributed by atoms with Gasteiger partial charge in [-0.15, -0.1) is 0 Å². The minimum atomic E-state index is -0.159. The van der Waals surface area contributed by atoms with Crippen molar-refractivity contribution in [3.8, 4) is 0 Å². The fourth-order valence-electron chi connectivity index (χ4n) is 2.97. The second-order valence-electron chi connectivity index (χ2n) is 6.32. The standard InChI is InChI=1S/C19H19ClN6O2/c1-26-16-6-3-11(17(27)21-7-8-28-2)9-15(16)24-19(26)25-18-22-13-5-4-12(20)10-14(13)23-18/h3-6,9-10H,7-8H2,1-2H3,(H,21,27)(H2,22,23,24,25). The van der Waals surface area contributed by atoms with Gasteiger partial charge in [0.25, 0.3) is 5.91 Å². The van der Waals surface area contributed by atoms with Crippen molar-refractivity contribution in [1.29, 1.82) is 0 Å². The minimum Gasteiger partial charge on any atom is -0.383 e. The summed E-state index contributed by atoms with van der Waals surface area (Å²) >= 11 is 6.02. The molecule has 1 amide bonds. The Kier molecular flexibility index (Phi) is 4.89. The molecule has 0 aliphatic carbocycles. The summed E-state index contributed by atoms with van der Waals surface area (Å²) in [7, 11) is 3.49. The number of imidazole rings is 2. The van der Waals surface area contributed by atoms with Crippen molar-refractivity contribution < 1.29 is 9.53 Å². The summed E-state index contributed by atoms with van der Waals surface area (Å²) in [5, 5.41) is 6.63. The van der Waals surface area contributed by atoms with E-state index in [0.717, 1.165) is 16.6 Å². The molecule has 0 bridgehead atoms. The second-order valence-corrected chi connectivity index (χ2v) is 6.75. The number of hydrogen-bond acceptors (Lipinski definition) is 5. The zero-order valence-electron chi connectivity index (χ0n) is 15.4. The quantitative estimate of drug-likeness (QED) is 0.433. The van der Waals surface area contributed by atoms with Gasteiger partial charge in [0.2, 0.25) is 11.9 Å². The number of carbonyl (C=O) groups excluding carboxylic acids is 1. The Bertz CT molecular complexity index is 1170. The first-order valence-corrected chi connectivity index (χ1v) is 9.09. The number of hydrogen-bond donors (Lipinski definition) is 3. The van der Waals surface area contributed by atoms with Gasteiger partial charge in [-0.3, -0.25) is 10.1 Å². The van der Waals surface area contributed by atoms with Crippen LogP contribution in [0.2, 0.25) is 5.02 Å². The van der Waals surface area contributed by atoms with E-state index in [2.05, 4.69) is 25.6 Å². The van der Waals surface area contributed by atoms with Crippen LogP contribution in [0.3, 0.4) is 0 Å². The predicted octanol–water partition coefficient (Wildman–Crippen LogP) is 3.22. The van der Waals surface area contributed by atoms with Gasteiger partial charge in [-0.05, 0) is 36.4 Å². The van der Waals surface area contributed by atoms with Crippen molar-refractivity contribution in [2.45, 2.75) is 0 Å². The lowest BCUT2D eigenvalue weighted by Gasteiger charge is -2.04. The number of halogens is 1. The van der Waals surface area contributed by atoms with Crippen molar-refractivity contribution in [1.82, 2.24) is 24.8 Å². The number of ether oxygens (including phenoxy) is 1. The number of fused-ring (bicyclic) bond motifs is 2. The number of aryl methyl sites for hydroxylation is 1. The average molecular weight is 399 g/mol. The summed E-state index contributed by atoms with van der Waals surface area (Å²) in [6.07, 6.45) is 0. The number of nitrogens with zero attached hydrogens (tertiary/aromatic N) is 3. The molecule has 144 valence electrons. The molecule has 0 aliphatic heterocycles. The number of rotatable bonds is 6. The van der Waals surface area contributed by atoms with Crippen LogP contribution in [0.5, 0.6) is 0 Å². The van der Waals surface area contributed by atoms with Gasteiger partial charge in [0.15, 0.2) is 0 Å². The maximum Gasteiger partial charge on any atom is 0.251 e. The molecule has 2 aromatic carbocycles. The number of benzene rings is 2. The third kappa shape index (κ3) is 3.51. The summed E-state index contributed by atoms with van der Waals surface area (Å²) in [6, 6.07) is 10.9. The van der Waals surface area contributed by atoms with Gasteiger partial charge in [0.1, 0.15) is 0 Å². The van der Waals surface area contributed by atoms with E-state index in [4.69, 9.17) is 16.3 Å². The van der Waals surface area contributed by atoms with E-state index in [-0.39, 0.29) is 5.91 Å². The largest absolute Gasteiger partial charge is 0.383 e. The number of methoxy groups -OCH3 is 1. The van der Waals surface area contributed by atoms with Crippen LogP contribution in [-0.2, 0) is 11.8 Å². The smallest absolute Gasteiger partial charge is 0.251 e. The number of H-pyrrole nitrogens is 1. The minimum absolute atomic E-state index is 0.159. The lowest BCUT2D eigenvalue weighted by atomic mass is 10.2. The summed E-state index contributed by atoms with van der Waals surface area (Å²) in [5.41, 5.74) is 3.80. The summed E-state index contributed by atoms with van der Waals surface area (Å²) < 4.78 is 6.85. The number of carbonyl (C=O) groups is 1. The molecule has 28 heavy (non-hydrogen) atoms. The molecule has 2 aromatic heterocycles. The third-order valence-corrected chi connectivity index (χ3v) is 4.64. The van der Waals surface area contributed by atoms with Crippen molar-refractivity contribution in [3.05, 3.63) is 47.0 Å². The zero-order chi connectivity index (χ0) is 19.7. The van der Waals surface area contributed by atoms with Crippen LogP contribution in [-0.4, -0.2) is 45.7 Å². The van der Waals surface area contributed by atoms with Gasteiger partial charge in [-0.1, -0.05) is 11.6 Å². The van der Waals surface area contributed by atoms with E-state index in [1.54, 1.807) is 25.3 Å². The zero-order valence-corrected chi connectivity index (χ0v) is 16.2. The highest BCUT2D eigenvalue weighted by Gasteiger charge is 2.13. The topological polar surface area (TPSA) is 96.9 Å². The highest BCUT2D eigenvalue weighted by Crippen LogP contribution is 2.24. The van der Waals surface area contributed by atoms with Gasteiger partial charge >= 0.3 is 0 Å². The van der Waals surface area contributed by atoms with Gasteiger partial charge in [-0.2, -0.15) is 0 Å². The Balaban J connectivity index is 1.60. The average Bonchev–Trinajstić information content (AvgIpc) is 3.21. The Morgan fingerprint density at radius 3 is 2.89 bits per heavy atom. The molecule has 0 atom stereocenters. The predicted molar refractivity (Wildman–Crippen MR) is 109 cm³/mol. The van der Waals surface area contributed by atoms with E-state index in [1.807, 2.05) is 29.8 Å². The van der Waals surface area contributed by atoms with E-state index in [9.17, 15) is 4.79 Å². The van der Waals surface area contributed by atoms with Crippen LogP contribution in [0.25, 0.3) is 22.1 Å². The third-order valence-electron chi connectivity index (χ3n) is 4.41. The summed E-state index contributed by atoms with van der Waals surface area (Å²) in [4.78, 5) is 24.5. The van der Waals surface area contributed by atoms with Gasteiger partial charge in [0, 0.05) is 31.3 Å². The second kappa shape index (κ2) is 7.49. The number of anilines is 2. The van der Waals surface area contributed by atoms with Crippen molar-refractivity contribution >= 4 is 51.5 Å². The molecule has 8 nitrogen and oxygen atoms in total. The molecule has 0 radical (unpaired) electrons. The Labute approximate surface area is 165 Å². The number of amides is 1. The number of nitrogens with one attached hydrogen (secondary N) is 3. The van der Waals surface area contributed by atoms with Crippen LogP contribution in [0.15, 0.2) is 36.4 Å². The summed E-state index contributed by atoms with van der Waals surface area (Å²) in [5.74, 6) is 1.01. The molecular weight excluding hydrogens is 380 g/mol. The van der Waals surface area contributed by atoms with Crippen molar-refractivity contribution in [3.63, 3.8) is 0 Å². The molecule has 0 saturated carbocycles. The molecule has 3 N–H and O–H groups in total. The maximum absolute atomic E-state index is 12.2. The first kappa shape index (κ1) is 18.3. The summed E-state index contributed by atoms with van der Waals surface area (Å²) in [6.45, 7) is 0.923. The molecule has 2 heterocycles. The van der Waals surface area contributed by atoms with Gasteiger partial charge in [-0.25, -0.2) is 9.97 Å². The maximum atomic E-state index is 12.2. The highest BCUT2D eigenvalue weighted by atomic mass is 35.5. The van der Waals surface area contributed by atoms with Crippen LogP contribution in [0, 0.1) is 0 Å². The normalized spacial score (nSPS) is 11.2.